The summed E-state index contributed by atoms with van der Waals surface area (Å²) in [6, 6.07) is 58.1. The van der Waals surface area contributed by atoms with E-state index in [0.29, 0.717) is 0 Å². The maximum Gasteiger partial charge on any atom is 0.123 e. The third kappa shape index (κ3) is 5.55. The Kier molecular flexibility index (Phi) is 8.74. The van der Waals surface area contributed by atoms with E-state index >= 15 is 8.78 Å². The minimum atomic E-state index is -0.312. The molecule has 0 saturated carbocycles. The zero-order valence-corrected chi connectivity index (χ0v) is 38.4. The molecule has 4 heterocycles. The summed E-state index contributed by atoms with van der Waals surface area (Å²) in [5.41, 5.74) is 12.0. The Hall–Kier alpha value is -7.12. The van der Waals surface area contributed by atoms with Gasteiger partial charge in [0.1, 0.15) is 11.6 Å². The van der Waals surface area contributed by atoms with Crippen molar-refractivity contribution in [3.8, 4) is 33.6 Å². The number of hydrogen-bond acceptors (Lipinski definition) is 2. The molecule has 2 nitrogen and oxygen atoms in total. The first kappa shape index (κ1) is 39.3. The zero-order chi connectivity index (χ0) is 44.5. The van der Waals surface area contributed by atoms with Crippen molar-refractivity contribution in [3.63, 3.8) is 0 Å². The van der Waals surface area contributed by atoms with Gasteiger partial charge < -0.3 is 9.13 Å². The van der Waals surface area contributed by atoms with E-state index in [1.165, 1.54) is 57.9 Å². The Labute approximate surface area is 388 Å². The molecular weight excluding hydrogens is 851 g/mol. The average Bonchev–Trinajstić information content (AvgIpc) is 4.08. The van der Waals surface area contributed by atoms with Gasteiger partial charge in [0.2, 0.25) is 0 Å². The summed E-state index contributed by atoms with van der Waals surface area (Å²) < 4.78 is 42.2. The highest BCUT2D eigenvalue weighted by Gasteiger charge is 2.34. The second kappa shape index (κ2) is 14.7. The topological polar surface area (TPSA) is 9.86 Å². The maximum atomic E-state index is 16.2. The number of aromatic nitrogens is 2. The van der Waals surface area contributed by atoms with Crippen LogP contribution in [0.3, 0.4) is 0 Å². The highest BCUT2D eigenvalue weighted by atomic mass is 32.1. The first-order chi connectivity index (χ1) is 32.3. The molecule has 6 heteroatoms. The second-order valence-electron chi connectivity index (χ2n) is 18.2. The smallest absolute Gasteiger partial charge is 0.123 e. The van der Waals surface area contributed by atoms with Gasteiger partial charge in [-0.2, -0.15) is 0 Å². The number of hydrogen-bond donors (Lipinski definition) is 0. The number of nitrogens with zero attached hydrogens (tertiary/aromatic N) is 2. The summed E-state index contributed by atoms with van der Waals surface area (Å²) in [7, 11) is 0. The summed E-state index contributed by atoms with van der Waals surface area (Å²) in [6.07, 6.45) is 0. The van der Waals surface area contributed by atoms with Gasteiger partial charge in [0.05, 0.1) is 42.8 Å². The van der Waals surface area contributed by atoms with Crippen LogP contribution in [0.2, 0.25) is 0 Å². The summed E-state index contributed by atoms with van der Waals surface area (Å²) in [5.74, 6) is -0.724. The van der Waals surface area contributed by atoms with E-state index in [-0.39, 0.29) is 23.5 Å². The molecular formula is C60H42F2N2S2. The Bertz CT molecular complexity index is 4080. The molecule has 0 aliphatic rings. The number of thiophene rings is 2. The largest absolute Gasteiger partial charge is 0.307 e. The molecule has 0 fully saturated rings. The molecule has 13 rings (SSSR count). The third-order valence-corrected chi connectivity index (χ3v) is 16.1. The summed E-state index contributed by atoms with van der Waals surface area (Å²) in [4.78, 5) is 0. The fraction of sp³-hybridized carbons (Fsp3) is 0.100. The van der Waals surface area contributed by atoms with Crippen LogP contribution in [0.5, 0.6) is 0 Å². The molecule has 66 heavy (non-hydrogen) atoms. The second-order valence-corrected chi connectivity index (χ2v) is 20.3. The van der Waals surface area contributed by atoms with Gasteiger partial charge in [0, 0.05) is 63.6 Å². The Balaban J connectivity index is 1.35. The van der Waals surface area contributed by atoms with Crippen molar-refractivity contribution in [1.82, 2.24) is 9.13 Å². The van der Waals surface area contributed by atoms with Crippen LogP contribution >= 0.6 is 22.7 Å². The molecule has 0 saturated heterocycles. The molecule has 318 valence electrons. The molecule has 9 aromatic carbocycles. The highest BCUT2D eigenvalue weighted by Crippen LogP contribution is 2.54. The van der Waals surface area contributed by atoms with E-state index in [2.05, 4.69) is 170 Å². The summed E-state index contributed by atoms with van der Waals surface area (Å²) in [5, 5.41) is 9.45. The van der Waals surface area contributed by atoms with Gasteiger partial charge in [0.15, 0.2) is 0 Å². The molecule has 0 aliphatic carbocycles. The molecule has 0 aliphatic heterocycles. The van der Waals surface area contributed by atoms with Crippen molar-refractivity contribution >= 4 is 107 Å². The summed E-state index contributed by atoms with van der Waals surface area (Å²) in [6.45, 7) is 9.10. The van der Waals surface area contributed by atoms with Gasteiger partial charge in [0.25, 0.3) is 0 Å². The fourth-order valence-corrected chi connectivity index (χ4v) is 13.6. The van der Waals surface area contributed by atoms with Crippen LogP contribution in [-0.2, 0) is 0 Å². The van der Waals surface area contributed by atoms with Crippen molar-refractivity contribution < 1.29 is 8.78 Å². The Morgan fingerprint density at radius 2 is 0.773 bits per heavy atom. The van der Waals surface area contributed by atoms with Crippen LogP contribution < -0.4 is 0 Å². The molecule has 4 aromatic heterocycles. The quantitative estimate of drug-likeness (QED) is 0.157. The van der Waals surface area contributed by atoms with Gasteiger partial charge in [-0.05, 0) is 82.6 Å². The normalized spacial score (nSPS) is 12.4. The lowest BCUT2D eigenvalue weighted by molar-refractivity contribution is 0.628. The van der Waals surface area contributed by atoms with Crippen molar-refractivity contribution in [2.75, 3.05) is 0 Å². The Morgan fingerprint density at radius 3 is 1.21 bits per heavy atom. The van der Waals surface area contributed by atoms with E-state index in [1.54, 1.807) is 12.1 Å². The molecule has 13 aromatic rings. The number of halogens is 2. The molecule has 0 N–H and O–H groups in total. The van der Waals surface area contributed by atoms with Gasteiger partial charge in [-0.15, -0.1) is 22.7 Å². The lowest BCUT2D eigenvalue weighted by Crippen LogP contribution is -2.15. The van der Waals surface area contributed by atoms with E-state index < -0.39 is 0 Å². The molecule has 0 radical (unpaired) electrons. The standard InChI is InChI=1S/C60H42F2N2S2/c1-33(2)51-53(35-15-13-17-37(61)31-35)58(64-48-24-10-6-20-40(48)44-28-30-46-42-22-8-12-26-50(42)66-60(46)56(44)64)54(36-16-14-18-38(62)32-36)52(34(3)4)57(51)63-47-23-9-5-19-39(47)43-27-29-45-41-21-7-11-25-49(41)65-59(45)55(43)63/h5-34H,1-4H3. The van der Waals surface area contributed by atoms with Crippen LogP contribution in [0.1, 0.15) is 50.7 Å². The van der Waals surface area contributed by atoms with Crippen LogP contribution in [0.4, 0.5) is 8.78 Å². The first-order valence-electron chi connectivity index (χ1n) is 22.7. The number of fused-ring (bicyclic) bond motifs is 14. The Morgan fingerprint density at radius 1 is 0.379 bits per heavy atom. The zero-order valence-electron chi connectivity index (χ0n) is 36.8. The molecule has 0 spiro atoms. The molecule has 0 atom stereocenters. The van der Waals surface area contributed by atoms with Crippen LogP contribution in [0.15, 0.2) is 170 Å². The van der Waals surface area contributed by atoms with Crippen LogP contribution in [-0.4, -0.2) is 9.13 Å². The minimum absolute atomic E-state index is 0.0497. The van der Waals surface area contributed by atoms with Gasteiger partial charge in [-0.25, -0.2) is 8.78 Å². The SMILES string of the molecule is CC(C)c1c(-c2cccc(F)c2)c(-n2c3ccccc3c3ccc4c5ccccc5sc4c32)c(-c2cccc(F)c2)c(C(C)C)c1-n1c2ccccc2c2ccc3c4ccccc4sc3c21. The molecule has 0 bridgehead atoms. The monoisotopic (exact) mass is 892 g/mol. The van der Waals surface area contributed by atoms with Crippen molar-refractivity contribution in [2.24, 2.45) is 0 Å². The predicted octanol–water partition coefficient (Wildman–Crippen LogP) is 18.5. The minimum Gasteiger partial charge on any atom is -0.307 e. The van der Waals surface area contributed by atoms with Gasteiger partial charge >= 0.3 is 0 Å². The first-order valence-corrected chi connectivity index (χ1v) is 24.3. The molecule has 0 unspecified atom stereocenters. The van der Waals surface area contributed by atoms with Crippen LogP contribution in [0.25, 0.3) is 118 Å². The van der Waals surface area contributed by atoms with Crippen molar-refractivity contribution in [1.29, 1.82) is 0 Å². The molecule has 0 amide bonds. The lowest BCUT2D eigenvalue weighted by Gasteiger charge is -2.32. The number of benzene rings is 9. The van der Waals surface area contributed by atoms with Crippen molar-refractivity contribution in [3.05, 3.63) is 193 Å². The number of para-hydroxylation sites is 2. The van der Waals surface area contributed by atoms with Crippen LogP contribution in [0, 0.1) is 11.6 Å². The number of rotatable bonds is 6. The van der Waals surface area contributed by atoms with E-state index in [0.717, 1.165) is 83.0 Å². The van der Waals surface area contributed by atoms with E-state index in [1.807, 2.05) is 34.8 Å². The summed E-state index contributed by atoms with van der Waals surface area (Å²) >= 11 is 3.64. The van der Waals surface area contributed by atoms with Crippen molar-refractivity contribution in [2.45, 2.75) is 39.5 Å². The van der Waals surface area contributed by atoms with Gasteiger partial charge in [-0.1, -0.05) is 149 Å². The van der Waals surface area contributed by atoms with E-state index in [4.69, 9.17) is 0 Å². The maximum absolute atomic E-state index is 16.2. The van der Waals surface area contributed by atoms with E-state index in [9.17, 15) is 0 Å². The highest BCUT2D eigenvalue weighted by molar-refractivity contribution is 7.27. The lowest BCUT2D eigenvalue weighted by atomic mass is 9.79. The third-order valence-electron chi connectivity index (χ3n) is 13.7. The van der Waals surface area contributed by atoms with Gasteiger partial charge in [-0.3, -0.25) is 0 Å². The average molecular weight is 893 g/mol. The predicted molar refractivity (Wildman–Crippen MR) is 280 cm³/mol. The fourth-order valence-electron chi connectivity index (χ4n) is 11.1.